The van der Waals surface area contributed by atoms with Gasteiger partial charge in [-0.05, 0) is 25.1 Å². The molecule has 0 saturated carbocycles. The summed E-state index contributed by atoms with van der Waals surface area (Å²) < 4.78 is 39.9. The quantitative estimate of drug-likeness (QED) is 0.521. The molecule has 0 spiro atoms. The number of nitro groups is 1. The number of aromatic nitrogens is 3. The smallest absolute Gasteiger partial charge is 0.258 e. The molecule has 0 aliphatic carbocycles. The van der Waals surface area contributed by atoms with Crippen LogP contribution in [-0.4, -0.2) is 19.7 Å². The molecular formula is C14H9F3N4O2S. The molecule has 6 nitrogen and oxygen atoms in total. The van der Waals surface area contributed by atoms with Gasteiger partial charge in [-0.25, -0.2) is 9.67 Å². The summed E-state index contributed by atoms with van der Waals surface area (Å²) in [6.45, 7) is 1.47. The molecule has 1 aromatic carbocycles. The van der Waals surface area contributed by atoms with Crippen LogP contribution in [0, 0.1) is 17.0 Å². The highest BCUT2D eigenvalue weighted by atomic mass is 32.1. The van der Waals surface area contributed by atoms with Gasteiger partial charge in [0.05, 0.1) is 16.3 Å². The van der Waals surface area contributed by atoms with Crippen molar-refractivity contribution in [3.63, 3.8) is 0 Å². The van der Waals surface area contributed by atoms with Crippen molar-refractivity contribution in [2.45, 2.75) is 13.1 Å². The lowest BCUT2D eigenvalue weighted by Crippen LogP contribution is -2.13. The first-order chi connectivity index (χ1) is 11.3. The Kier molecular flexibility index (Phi) is 3.84. The fourth-order valence-corrected chi connectivity index (χ4v) is 2.89. The number of rotatable bonds is 3. The van der Waals surface area contributed by atoms with Crippen LogP contribution >= 0.6 is 11.3 Å². The Labute approximate surface area is 137 Å². The Balaban J connectivity index is 1.98. The van der Waals surface area contributed by atoms with Gasteiger partial charge in [0.1, 0.15) is 0 Å². The van der Waals surface area contributed by atoms with Gasteiger partial charge in [-0.2, -0.15) is 18.3 Å². The predicted molar refractivity (Wildman–Crippen MR) is 81.1 cm³/mol. The zero-order valence-electron chi connectivity index (χ0n) is 12.1. The van der Waals surface area contributed by atoms with Gasteiger partial charge in [-0.3, -0.25) is 10.1 Å². The van der Waals surface area contributed by atoms with Crippen molar-refractivity contribution in [1.82, 2.24) is 14.8 Å². The number of hydrogen-bond donors (Lipinski definition) is 0. The van der Waals surface area contributed by atoms with Gasteiger partial charge in [-0.15, -0.1) is 11.3 Å². The highest BCUT2D eigenvalue weighted by Gasteiger charge is 2.36. The van der Waals surface area contributed by atoms with E-state index in [9.17, 15) is 23.3 Å². The fraction of sp³-hybridized carbons (Fsp3) is 0.143. The predicted octanol–water partition coefficient (Wildman–Crippen LogP) is 4.23. The molecular weight excluding hydrogens is 345 g/mol. The summed E-state index contributed by atoms with van der Waals surface area (Å²) in [6, 6.07) is 6.57. The lowest BCUT2D eigenvalue weighted by Gasteiger charge is -2.07. The lowest BCUT2D eigenvalue weighted by atomic mass is 10.1. The number of nitrogens with zero attached hydrogens (tertiary/aromatic N) is 4. The number of benzene rings is 1. The molecule has 0 fully saturated rings. The first-order valence-electron chi connectivity index (χ1n) is 6.60. The van der Waals surface area contributed by atoms with Crippen LogP contribution in [0.3, 0.4) is 0 Å². The second-order valence-electron chi connectivity index (χ2n) is 4.90. The third-order valence-corrected chi connectivity index (χ3v) is 3.99. The van der Waals surface area contributed by atoms with Crippen LogP contribution in [0.5, 0.6) is 0 Å². The number of alkyl halides is 3. The molecule has 2 aromatic heterocycles. The van der Waals surface area contributed by atoms with Crippen LogP contribution in [0.2, 0.25) is 0 Å². The van der Waals surface area contributed by atoms with Crippen LogP contribution in [0.4, 0.5) is 18.9 Å². The van der Waals surface area contributed by atoms with Crippen molar-refractivity contribution >= 4 is 17.0 Å². The van der Waals surface area contributed by atoms with Crippen molar-refractivity contribution in [2.75, 3.05) is 0 Å². The summed E-state index contributed by atoms with van der Waals surface area (Å²) in [7, 11) is 0. The molecule has 0 atom stereocenters. The van der Waals surface area contributed by atoms with E-state index < -0.39 is 16.8 Å². The molecule has 0 saturated heterocycles. The molecule has 0 unspecified atom stereocenters. The molecule has 0 aliphatic heterocycles. The molecule has 24 heavy (non-hydrogen) atoms. The van der Waals surface area contributed by atoms with Crippen LogP contribution in [0.1, 0.15) is 11.4 Å². The van der Waals surface area contributed by atoms with E-state index in [2.05, 4.69) is 10.1 Å². The van der Waals surface area contributed by atoms with E-state index in [0.717, 1.165) is 22.1 Å². The van der Waals surface area contributed by atoms with Gasteiger partial charge in [0.15, 0.2) is 5.69 Å². The van der Waals surface area contributed by atoms with E-state index in [1.54, 1.807) is 5.38 Å². The minimum Gasteiger partial charge on any atom is -0.258 e. The third-order valence-electron chi connectivity index (χ3n) is 3.17. The average Bonchev–Trinajstić information content (AvgIpc) is 3.13. The molecule has 0 amide bonds. The maximum Gasteiger partial charge on any atom is 0.433 e. The molecule has 3 rings (SSSR count). The Morgan fingerprint density at radius 1 is 1.25 bits per heavy atom. The molecule has 0 aliphatic rings. The number of thiazole rings is 1. The van der Waals surface area contributed by atoms with Crippen LogP contribution in [0.15, 0.2) is 35.7 Å². The summed E-state index contributed by atoms with van der Waals surface area (Å²) in [6.07, 6.45) is -4.54. The molecule has 0 radical (unpaired) electrons. The largest absolute Gasteiger partial charge is 0.433 e. The van der Waals surface area contributed by atoms with Crippen molar-refractivity contribution in [3.8, 4) is 16.4 Å². The second-order valence-corrected chi connectivity index (χ2v) is 5.74. The average molecular weight is 354 g/mol. The standard InChI is InChI=1S/C14H9F3N4O2S/c1-8-6-12(14(15,16)17)20(19-8)13-18-11(7-24-13)9-2-4-10(5-3-9)21(22)23/h2-7H,1H3. The topological polar surface area (TPSA) is 73.8 Å². The lowest BCUT2D eigenvalue weighted by molar-refractivity contribution is -0.384. The van der Waals surface area contributed by atoms with E-state index in [-0.39, 0.29) is 16.5 Å². The zero-order valence-corrected chi connectivity index (χ0v) is 12.9. The third kappa shape index (κ3) is 3.00. The monoisotopic (exact) mass is 354 g/mol. The van der Waals surface area contributed by atoms with E-state index in [1.165, 1.54) is 31.2 Å². The Bertz CT molecular complexity index is 900. The summed E-state index contributed by atoms with van der Waals surface area (Å²) >= 11 is 1.01. The number of aryl methyl sites for hydroxylation is 1. The Morgan fingerprint density at radius 2 is 1.92 bits per heavy atom. The maximum absolute atomic E-state index is 13.0. The molecule has 0 N–H and O–H groups in total. The fourth-order valence-electron chi connectivity index (χ4n) is 2.10. The van der Waals surface area contributed by atoms with Gasteiger partial charge in [-0.1, -0.05) is 0 Å². The number of halogens is 3. The van der Waals surface area contributed by atoms with Gasteiger partial charge in [0.25, 0.3) is 5.69 Å². The number of non-ortho nitro benzene ring substituents is 1. The summed E-state index contributed by atoms with van der Waals surface area (Å²) in [4.78, 5) is 14.3. The molecule has 3 aromatic rings. The Morgan fingerprint density at radius 3 is 2.50 bits per heavy atom. The molecule has 124 valence electrons. The maximum atomic E-state index is 13.0. The van der Waals surface area contributed by atoms with Crippen LogP contribution in [0.25, 0.3) is 16.4 Å². The molecule has 10 heteroatoms. The van der Waals surface area contributed by atoms with Crippen LogP contribution in [-0.2, 0) is 6.18 Å². The van der Waals surface area contributed by atoms with Gasteiger partial charge in [0.2, 0.25) is 5.13 Å². The highest BCUT2D eigenvalue weighted by Crippen LogP contribution is 2.33. The van der Waals surface area contributed by atoms with E-state index in [4.69, 9.17) is 0 Å². The summed E-state index contributed by atoms with van der Waals surface area (Å²) in [5.41, 5.74) is 0.252. The van der Waals surface area contributed by atoms with Crippen molar-refractivity contribution in [3.05, 3.63) is 57.2 Å². The first-order valence-corrected chi connectivity index (χ1v) is 7.48. The molecule has 2 heterocycles. The normalized spacial score (nSPS) is 11.7. The van der Waals surface area contributed by atoms with Gasteiger partial charge >= 0.3 is 6.18 Å². The minimum absolute atomic E-state index is 0.0729. The van der Waals surface area contributed by atoms with Gasteiger partial charge in [0, 0.05) is 23.1 Å². The molecule has 0 bridgehead atoms. The summed E-state index contributed by atoms with van der Waals surface area (Å²) in [5, 5.41) is 16.1. The van der Waals surface area contributed by atoms with Crippen molar-refractivity contribution in [1.29, 1.82) is 0 Å². The van der Waals surface area contributed by atoms with Crippen molar-refractivity contribution < 1.29 is 18.1 Å². The highest BCUT2D eigenvalue weighted by molar-refractivity contribution is 7.12. The van der Waals surface area contributed by atoms with E-state index >= 15 is 0 Å². The number of nitro benzene ring substituents is 1. The van der Waals surface area contributed by atoms with Gasteiger partial charge < -0.3 is 0 Å². The minimum atomic E-state index is -4.54. The van der Waals surface area contributed by atoms with Crippen molar-refractivity contribution in [2.24, 2.45) is 0 Å². The van der Waals surface area contributed by atoms with E-state index in [1.807, 2.05) is 0 Å². The first kappa shape index (κ1) is 16.1. The summed E-state index contributed by atoms with van der Waals surface area (Å²) in [5.74, 6) is 0. The number of hydrogen-bond acceptors (Lipinski definition) is 5. The SMILES string of the molecule is Cc1cc(C(F)(F)F)n(-c2nc(-c3ccc([N+](=O)[O-])cc3)cs2)n1. The zero-order chi connectivity index (χ0) is 17.5. The van der Waals surface area contributed by atoms with E-state index in [0.29, 0.717) is 11.3 Å². The second kappa shape index (κ2) is 5.71. The van der Waals surface area contributed by atoms with Crippen LogP contribution < -0.4 is 0 Å². The Hall–Kier alpha value is -2.75.